The minimum absolute atomic E-state index is 0.113. The number of hydrogen-bond donors (Lipinski definition) is 0. The first-order valence-corrected chi connectivity index (χ1v) is 9.92. The van der Waals surface area contributed by atoms with Gasteiger partial charge in [0.25, 0.3) is 5.91 Å². The Morgan fingerprint density at radius 2 is 1.68 bits per heavy atom. The zero-order valence-corrected chi connectivity index (χ0v) is 17.1. The van der Waals surface area contributed by atoms with Gasteiger partial charge in [-0.3, -0.25) is 9.78 Å². The number of pyridine rings is 1. The van der Waals surface area contributed by atoms with Gasteiger partial charge < -0.3 is 9.80 Å². The molecule has 0 spiro atoms. The molecule has 0 saturated carbocycles. The van der Waals surface area contributed by atoms with Gasteiger partial charge in [-0.15, -0.1) is 0 Å². The highest BCUT2D eigenvalue weighted by atomic mass is 16.2. The Labute approximate surface area is 166 Å². The van der Waals surface area contributed by atoms with Crippen LogP contribution in [-0.4, -0.2) is 42.0 Å². The molecule has 0 bridgehead atoms. The summed E-state index contributed by atoms with van der Waals surface area (Å²) < 4.78 is 0. The maximum Gasteiger partial charge on any atom is 0.254 e. The number of anilines is 1. The standard InChI is InChI=1S/C24H27N3O/c1-16-8-9-22-20(14-16)21(15-18(3)25-22)24(28)27-12-10-26(11-13-27)23-7-5-6-17(2)19(23)4/h5-9,14-15H,10-13H2,1-4H3. The van der Waals surface area contributed by atoms with Gasteiger partial charge in [0.05, 0.1) is 11.1 Å². The molecule has 1 aliphatic heterocycles. The Morgan fingerprint density at radius 1 is 0.929 bits per heavy atom. The number of nitrogens with zero attached hydrogens (tertiary/aromatic N) is 3. The van der Waals surface area contributed by atoms with Crippen LogP contribution in [-0.2, 0) is 0 Å². The maximum absolute atomic E-state index is 13.3. The van der Waals surface area contributed by atoms with Crippen molar-refractivity contribution in [2.45, 2.75) is 27.7 Å². The molecule has 0 atom stereocenters. The Balaban J connectivity index is 1.57. The molecule has 144 valence electrons. The predicted molar refractivity (Wildman–Crippen MR) is 115 cm³/mol. The molecule has 4 nitrogen and oxygen atoms in total. The van der Waals surface area contributed by atoms with E-state index in [1.165, 1.54) is 16.8 Å². The van der Waals surface area contributed by atoms with Crippen molar-refractivity contribution in [3.63, 3.8) is 0 Å². The summed E-state index contributed by atoms with van der Waals surface area (Å²) in [6.07, 6.45) is 0. The van der Waals surface area contributed by atoms with E-state index in [4.69, 9.17) is 0 Å². The molecule has 1 amide bonds. The highest BCUT2D eigenvalue weighted by Gasteiger charge is 2.24. The van der Waals surface area contributed by atoms with Gasteiger partial charge in [0.2, 0.25) is 0 Å². The highest BCUT2D eigenvalue weighted by Crippen LogP contribution is 2.26. The molecule has 1 aliphatic rings. The lowest BCUT2D eigenvalue weighted by atomic mass is 10.0. The summed E-state index contributed by atoms with van der Waals surface area (Å²) in [6, 6.07) is 14.5. The highest BCUT2D eigenvalue weighted by molar-refractivity contribution is 6.06. The third kappa shape index (κ3) is 3.35. The zero-order valence-electron chi connectivity index (χ0n) is 17.1. The average Bonchev–Trinajstić information content (AvgIpc) is 2.69. The lowest BCUT2D eigenvalue weighted by Crippen LogP contribution is -2.49. The quantitative estimate of drug-likeness (QED) is 0.667. The molecule has 1 fully saturated rings. The van der Waals surface area contributed by atoms with E-state index in [2.05, 4.69) is 54.9 Å². The van der Waals surface area contributed by atoms with E-state index < -0.39 is 0 Å². The number of rotatable bonds is 2. The Kier molecular flexibility index (Phi) is 4.80. The fourth-order valence-corrected chi connectivity index (χ4v) is 4.05. The number of fused-ring (bicyclic) bond motifs is 1. The Morgan fingerprint density at radius 3 is 2.43 bits per heavy atom. The number of piperazine rings is 1. The molecular weight excluding hydrogens is 346 g/mol. The van der Waals surface area contributed by atoms with E-state index in [1.54, 1.807) is 0 Å². The van der Waals surface area contributed by atoms with E-state index in [-0.39, 0.29) is 5.91 Å². The molecular formula is C24H27N3O. The second kappa shape index (κ2) is 7.27. The van der Waals surface area contributed by atoms with Crippen LogP contribution in [0.4, 0.5) is 5.69 Å². The van der Waals surface area contributed by atoms with Crippen LogP contribution >= 0.6 is 0 Å². The number of aromatic nitrogens is 1. The van der Waals surface area contributed by atoms with Gasteiger partial charge in [-0.25, -0.2) is 0 Å². The third-order valence-electron chi connectivity index (χ3n) is 5.81. The molecule has 4 heteroatoms. The van der Waals surface area contributed by atoms with Gasteiger partial charge >= 0.3 is 0 Å². The first kappa shape index (κ1) is 18.5. The lowest BCUT2D eigenvalue weighted by Gasteiger charge is -2.37. The minimum atomic E-state index is 0.113. The van der Waals surface area contributed by atoms with E-state index in [1.807, 2.05) is 30.0 Å². The van der Waals surface area contributed by atoms with E-state index >= 15 is 0 Å². The third-order valence-corrected chi connectivity index (χ3v) is 5.81. The Bertz CT molecular complexity index is 1050. The van der Waals surface area contributed by atoms with Crippen LogP contribution in [0.25, 0.3) is 10.9 Å². The summed E-state index contributed by atoms with van der Waals surface area (Å²) in [5.41, 5.74) is 7.61. The molecule has 0 aliphatic carbocycles. The number of amides is 1. The molecule has 2 aromatic carbocycles. The maximum atomic E-state index is 13.3. The van der Waals surface area contributed by atoms with Crippen LogP contribution in [0.5, 0.6) is 0 Å². The molecule has 1 aromatic heterocycles. The second-order valence-electron chi connectivity index (χ2n) is 7.83. The summed E-state index contributed by atoms with van der Waals surface area (Å²) in [7, 11) is 0. The van der Waals surface area contributed by atoms with E-state index in [9.17, 15) is 4.79 Å². The molecule has 28 heavy (non-hydrogen) atoms. The molecule has 0 N–H and O–H groups in total. The number of aryl methyl sites for hydroxylation is 3. The summed E-state index contributed by atoms with van der Waals surface area (Å²) in [5, 5.41) is 0.951. The molecule has 1 saturated heterocycles. The van der Waals surface area contributed by atoms with Gasteiger partial charge in [0.15, 0.2) is 0 Å². The van der Waals surface area contributed by atoms with Crippen molar-refractivity contribution in [3.05, 3.63) is 70.4 Å². The monoisotopic (exact) mass is 373 g/mol. The van der Waals surface area contributed by atoms with Crippen molar-refractivity contribution in [1.82, 2.24) is 9.88 Å². The van der Waals surface area contributed by atoms with Crippen LogP contribution in [0.2, 0.25) is 0 Å². The van der Waals surface area contributed by atoms with Gasteiger partial charge in [-0.1, -0.05) is 23.8 Å². The van der Waals surface area contributed by atoms with Crippen molar-refractivity contribution in [3.8, 4) is 0 Å². The predicted octanol–water partition coefficient (Wildman–Crippen LogP) is 4.43. The van der Waals surface area contributed by atoms with Crippen LogP contribution in [0.1, 0.15) is 32.7 Å². The van der Waals surface area contributed by atoms with Gasteiger partial charge in [0.1, 0.15) is 0 Å². The number of carbonyl (C=O) groups is 1. The topological polar surface area (TPSA) is 36.4 Å². The number of hydrogen-bond acceptors (Lipinski definition) is 3. The van der Waals surface area contributed by atoms with Gasteiger partial charge in [-0.05, 0) is 63.1 Å². The van der Waals surface area contributed by atoms with Crippen LogP contribution in [0, 0.1) is 27.7 Å². The zero-order chi connectivity index (χ0) is 19.8. The van der Waals surface area contributed by atoms with E-state index in [0.29, 0.717) is 0 Å². The van der Waals surface area contributed by atoms with Crippen molar-refractivity contribution < 1.29 is 4.79 Å². The normalized spacial score (nSPS) is 14.6. The molecule has 4 rings (SSSR count). The van der Waals surface area contributed by atoms with Crippen molar-refractivity contribution in [2.75, 3.05) is 31.1 Å². The largest absolute Gasteiger partial charge is 0.368 e. The fraction of sp³-hybridized carbons (Fsp3) is 0.333. The Hall–Kier alpha value is -2.88. The van der Waals surface area contributed by atoms with E-state index in [0.717, 1.165) is 53.9 Å². The van der Waals surface area contributed by atoms with Crippen LogP contribution < -0.4 is 4.90 Å². The number of carbonyl (C=O) groups excluding carboxylic acids is 1. The summed E-state index contributed by atoms with van der Waals surface area (Å²) >= 11 is 0. The SMILES string of the molecule is Cc1ccc2nc(C)cc(C(=O)N3CCN(c4cccc(C)c4C)CC3)c2c1. The van der Waals surface area contributed by atoms with Gasteiger partial charge in [-0.2, -0.15) is 0 Å². The fourth-order valence-electron chi connectivity index (χ4n) is 4.05. The smallest absolute Gasteiger partial charge is 0.254 e. The van der Waals surface area contributed by atoms with Crippen LogP contribution in [0.3, 0.4) is 0 Å². The summed E-state index contributed by atoms with van der Waals surface area (Å²) in [4.78, 5) is 22.3. The number of benzene rings is 2. The molecule has 2 heterocycles. The van der Waals surface area contributed by atoms with Crippen molar-refractivity contribution in [1.29, 1.82) is 0 Å². The average molecular weight is 374 g/mol. The van der Waals surface area contributed by atoms with Crippen molar-refractivity contribution >= 4 is 22.5 Å². The molecule has 0 radical (unpaired) electrons. The van der Waals surface area contributed by atoms with Crippen LogP contribution in [0.15, 0.2) is 42.5 Å². The summed E-state index contributed by atoms with van der Waals surface area (Å²) in [5.74, 6) is 0.113. The lowest BCUT2D eigenvalue weighted by molar-refractivity contribution is 0.0748. The second-order valence-corrected chi connectivity index (χ2v) is 7.83. The van der Waals surface area contributed by atoms with Crippen molar-refractivity contribution in [2.24, 2.45) is 0 Å². The summed E-state index contributed by atoms with van der Waals surface area (Å²) in [6.45, 7) is 11.5. The first-order valence-electron chi connectivity index (χ1n) is 9.92. The molecule has 0 unspecified atom stereocenters. The minimum Gasteiger partial charge on any atom is -0.368 e. The first-order chi connectivity index (χ1) is 13.4. The molecule has 3 aromatic rings. The van der Waals surface area contributed by atoms with Gasteiger partial charge in [0, 0.05) is 42.9 Å².